The molecular weight excluding hydrogens is 314 g/mol. The molecule has 0 aromatic heterocycles. The zero-order valence-corrected chi connectivity index (χ0v) is 15.5. The molecular formula is C21H27NO3. The van der Waals surface area contributed by atoms with E-state index in [0.29, 0.717) is 24.5 Å². The number of nitrogens with one attached hydrogen (secondary N) is 1. The predicted octanol–water partition coefficient (Wildman–Crippen LogP) is 3.61. The van der Waals surface area contributed by atoms with Crippen molar-refractivity contribution in [2.75, 3.05) is 20.8 Å². The molecule has 0 heterocycles. The summed E-state index contributed by atoms with van der Waals surface area (Å²) in [4.78, 5) is 12.0. The molecule has 2 aromatic carbocycles. The lowest BCUT2D eigenvalue weighted by Gasteiger charge is -2.10. The number of hydrogen-bond donors (Lipinski definition) is 1. The number of ether oxygens (including phenoxy) is 2. The molecule has 134 valence electrons. The summed E-state index contributed by atoms with van der Waals surface area (Å²) in [6, 6.07) is 12.2. The average Bonchev–Trinajstić information content (AvgIpc) is 2.62. The van der Waals surface area contributed by atoms with Gasteiger partial charge in [0.25, 0.3) is 0 Å². The zero-order chi connectivity index (χ0) is 18.2. The van der Waals surface area contributed by atoms with Crippen molar-refractivity contribution in [3.05, 3.63) is 58.7 Å². The van der Waals surface area contributed by atoms with E-state index in [9.17, 15) is 4.79 Å². The summed E-state index contributed by atoms with van der Waals surface area (Å²) in [6.07, 6.45) is 2.04. The Balaban J connectivity index is 1.77. The number of rotatable bonds is 8. The minimum atomic E-state index is 0.0821. The Morgan fingerprint density at radius 3 is 2.24 bits per heavy atom. The van der Waals surface area contributed by atoms with Crippen LogP contribution >= 0.6 is 0 Å². The van der Waals surface area contributed by atoms with Crippen LogP contribution in [0.4, 0.5) is 0 Å². The molecule has 0 bridgehead atoms. The van der Waals surface area contributed by atoms with Crippen LogP contribution in [-0.2, 0) is 17.6 Å². The van der Waals surface area contributed by atoms with E-state index in [1.807, 2.05) is 18.2 Å². The van der Waals surface area contributed by atoms with Crippen molar-refractivity contribution in [1.29, 1.82) is 0 Å². The van der Waals surface area contributed by atoms with Gasteiger partial charge in [-0.3, -0.25) is 4.79 Å². The Kier molecular flexibility index (Phi) is 6.87. The number of carbonyl (C=O) groups is 1. The third kappa shape index (κ3) is 5.52. The van der Waals surface area contributed by atoms with Crippen molar-refractivity contribution in [2.24, 2.45) is 0 Å². The van der Waals surface area contributed by atoms with Crippen molar-refractivity contribution in [3.63, 3.8) is 0 Å². The number of hydrogen-bond acceptors (Lipinski definition) is 3. The molecule has 25 heavy (non-hydrogen) atoms. The molecule has 0 saturated carbocycles. The van der Waals surface area contributed by atoms with E-state index < -0.39 is 0 Å². The first-order valence-electron chi connectivity index (χ1n) is 8.57. The van der Waals surface area contributed by atoms with E-state index in [2.05, 4.69) is 37.4 Å². The molecule has 0 unspecified atom stereocenters. The van der Waals surface area contributed by atoms with Gasteiger partial charge in [0.2, 0.25) is 5.91 Å². The summed E-state index contributed by atoms with van der Waals surface area (Å²) in [5.74, 6) is 1.50. The molecule has 0 fully saturated rings. The number of aryl methyl sites for hydroxylation is 3. The van der Waals surface area contributed by atoms with Gasteiger partial charge < -0.3 is 14.8 Å². The van der Waals surface area contributed by atoms with Gasteiger partial charge in [0.1, 0.15) is 0 Å². The molecule has 2 rings (SSSR count). The van der Waals surface area contributed by atoms with Gasteiger partial charge in [0.15, 0.2) is 11.5 Å². The summed E-state index contributed by atoms with van der Waals surface area (Å²) in [5, 5.41) is 2.98. The molecule has 2 aromatic rings. The Labute approximate surface area is 150 Å². The quantitative estimate of drug-likeness (QED) is 0.798. The second kappa shape index (κ2) is 9.11. The average molecular weight is 341 g/mol. The van der Waals surface area contributed by atoms with Gasteiger partial charge in [0, 0.05) is 13.0 Å². The van der Waals surface area contributed by atoms with Crippen molar-refractivity contribution in [2.45, 2.75) is 33.1 Å². The van der Waals surface area contributed by atoms with Crippen molar-refractivity contribution < 1.29 is 14.3 Å². The van der Waals surface area contributed by atoms with Gasteiger partial charge in [-0.15, -0.1) is 0 Å². The van der Waals surface area contributed by atoms with Crippen LogP contribution in [0, 0.1) is 13.8 Å². The molecule has 4 nitrogen and oxygen atoms in total. The topological polar surface area (TPSA) is 47.6 Å². The molecule has 0 atom stereocenters. The lowest BCUT2D eigenvalue weighted by molar-refractivity contribution is -0.121. The minimum absolute atomic E-state index is 0.0821. The van der Waals surface area contributed by atoms with E-state index in [1.54, 1.807) is 14.2 Å². The van der Waals surface area contributed by atoms with Crippen LogP contribution in [0.25, 0.3) is 0 Å². The first-order chi connectivity index (χ1) is 12.0. The Bertz CT molecular complexity index is 725. The molecule has 4 heteroatoms. The first kappa shape index (κ1) is 18.8. The fourth-order valence-corrected chi connectivity index (χ4v) is 2.69. The lowest BCUT2D eigenvalue weighted by atomic mass is 10.0. The Morgan fingerprint density at radius 1 is 0.880 bits per heavy atom. The standard InChI is InChI=1S/C21H27NO3/c1-15-5-6-17(13-16(15)2)8-10-21(23)22-12-11-18-7-9-19(24-3)20(14-18)25-4/h5-7,9,13-14H,8,10-12H2,1-4H3,(H,22,23). The fraction of sp³-hybridized carbons (Fsp3) is 0.381. The van der Waals surface area contributed by atoms with Gasteiger partial charge >= 0.3 is 0 Å². The van der Waals surface area contributed by atoms with E-state index in [4.69, 9.17) is 9.47 Å². The van der Waals surface area contributed by atoms with Crippen LogP contribution in [-0.4, -0.2) is 26.7 Å². The van der Waals surface area contributed by atoms with Crippen LogP contribution in [0.1, 0.15) is 28.7 Å². The SMILES string of the molecule is COc1ccc(CCNC(=O)CCc2ccc(C)c(C)c2)cc1OC. The summed E-state index contributed by atoms with van der Waals surface area (Å²) in [6.45, 7) is 4.81. The second-order valence-electron chi connectivity index (χ2n) is 6.21. The fourth-order valence-electron chi connectivity index (χ4n) is 2.69. The molecule has 0 aliphatic rings. The number of carbonyl (C=O) groups excluding carboxylic acids is 1. The number of benzene rings is 2. The molecule has 0 spiro atoms. The van der Waals surface area contributed by atoms with Gasteiger partial charge in [0.05, 0.1) is 14.2 Å². The number of amides is 1. The second-order valence-corrected chi connectivity index (χ2v) is 6.21. The van der Waals surface area contributed by atoms with Crippen molar-refractivity contribution >= 4 is 5.91 Å². The first-order valence-corrected chi connectivity index (χ1v) is 8.57. The maximum atomic E-state index is 12.0. The van der Waals surface area contributed by atoms with E-state index >= 15 is 0 Å². The molecule has 1 amide bonds. The molecule has 0 radical (unpaired) electrons. The zero-order valence-electron chi connectivity index (χ0n) is 15.5. The Hall–Kier alpha value is -2.49. The van der Waals surface area contributed by atoms with Crippen LogP contribution in [0.3, 0.4) is 0 Å². The number of methoxy groups -OCH3 is 2. The molecule has 1 N–H and O–H groups in total. The van der Waals surface area contributed by atoms with E-state index in [1.165, 1.54) is 16.7 Å². The van der Waals surface area contributed by atoms with Crippen LogP contribution in [0.2, 0.25) is 0 Å². The van der Waals surface area contributed by atoms with Gasteiger partial charge in [-0.2, -0.15) is 0 Å². The summed E-state index contributed by atoms with van der Waals surface area (Å²) in [5.41, 5.74) is 4.86. The summed E-state index contributed by atoms with van der Waals surface area (Å²) < 4.78 is 10.5. The summed E-state index contributed by atoms with van der Waals surface area (Å²) >= 11 is 0. The molecule has 0 saturated heterocycles. The van der Waals surface area contributed by atoms with Crippen LogP contribution in [0.5, 0.6) is 11.5 Å². The normalized spacial score (nSPS) is 10.4. The van der Waals surface area contributed by atoms with Crippen molar-refractivity contribution in [1.82, 2.24) is 5.32 Å². The largest absolute Gasteiger partial charge is 0.493 e. The third-order valence-corrected chi connectivity index (χ3v) is 4.40. The predicted molar refractivity (Wildman–Crippen MR) is 100 cm³/mol. The van der Waals surface area contributed by atoms with Crippen LogP contribution < -0.4 is 14.8 Å². The maximum Gasteiger partial charge on any atom is 0.220 e. The third-order valence-electron chi connectivity index (χ3n) is 4.40. The van der Waals surface area contributed by atoms with Crippen molar-refractivity contribution in [3.8, 4) is 11.5 Å². The smallest absolute Gasteiger partial charge is 0.220 e. The summed E-state index contributed by atoms with van der Waals surface area (Å²) in [7, 11) is 3.24. The lowest BCUT2D eigenvalue weighted by Crippen LogP contribution is -2.25. The Morgan fingerprint density at radius 2 is 1.56 bits per heavy atom. The van der Waals surface area contributed by atoms with E-state index in [0.717, 1.165) is 18.4 Å². The van der Waals surface area contributed by atoms with Gasteiger partial charge in [-0.05, 0) is 61.1 Å². The highest BCUT2D eigenvalue weighted by atomic mass is 16.5. The molecule has 0 aliphatic heterocycles. The molecule has 0 aliphatic carbocycles. The highest BCUT2D eigenvalue weighted by molar-refractivity contribution is 5.76. The monoisotopic (exact) mass is 341 g/mol. The highest BCUT2D eigenvalue weighted by Crippen LogP contribution is 2.27. The van der Waals surface area contributed by atoms with Gasteiger partial charge in [-0.1, -0.05) is 24.3 Å². The van der Waals surface area contributed by atoms with E-state index in [-0.39, 0.29) is 5.91 Å². The highest BCUT2D eigenvalue weighted by Gasteiger charge is 2.06. The maximum absolute atomic E-state index is 12.0. The van der Waals surface area contributed by atoms with Crippen LogP contribution in [0.15, 0.2) is 36.4 Å². The minimum Gasteiger partial charge on any atom is -0.493 e. The van der Waals surface area contributed by atoms with Gasteiger partial charge in [-0.25, -0.2) is 0 Å².